The lowest BCUT2D eigenvalue weighted by atomic mass is 10.0. The number of fused-ring (bicyclic) bond motifs is 1. The van der Waals surface area contributed by atoms with Gasteiger partial charge < -0.3 is 5.11 Å². The van der Waals surface area contributed by atoms with Gasteiger partial charge in [0.1, 0.15) is 5.70 Å². The van der Waals surface area contributed by atoms with Crippen LogP contribution in [-0.2, 0) is 9.59 Å². The lowest BCUT2D eigenvalue weighted by Crippen LogP contribution is -2.48. The van der Waals surface area contributed by atoms with Crippen molar-refractivity contribution in [3.05, 3.63) is 21.0 Å². The summed E-state index contributed by atoms with van der Waals surface area (Å²) in [5, 5.41) is 13.0. The molecule has 0 spiro atoms. The highest BCUT2D eigenvalue weighted by atomic mass is 32.2. The number of carboxylic acids is 1. The first-order chi connectivity index (χ1) is 9.11. The van der Waals surface area contributed by atoms with Crippen molar-refractivity contribution in [2.24, 2.45) is 11.0 Å². The number of β-lactam (4-membered cyclic amide) rings is 1. The Kier molecular flexibility index (Phi) is 2.91. The van der Waals surface area contributed by atoms with E-state index in [4.69, 9.17) is 5.53 Å². The molecule has 1 saturated heterocycles. The zero-order valence-electron chi connectivity index (χ0n) is 10.0. The number of azide groups is 1. The van der Waals surface area contributed by atoms with Crippen LogP contribution in [0.25, 0.3) is 10.4 Å². The van der Waals surface area contributed by atoms with E-state index in [2.05, 4.69) is 10.0 Å². The predicted molar refractivity (Wildman–Crippen MR) is 67.8 cm³/mol. The lowest BCUT2D eigenvalue weighted by molar-refractivity contribution is -0.145. The number of carboxylic acid groups (broad SMARTS) is 1. The van der Waals surface area contributed by atoms with Crippen LogP contribution in [0.2, 0.25) is 0 Å². The van der Waals surface area contributed by atoms with Gasteiger partial charge in [-0.1, -0.05) is 5.11 Å². The minimum Gasteiger partial charge on any atom is -0.477 e. The third-order valence-electron chi connectivity index (χ3n) is 3.84. The Bertz CT molecular complexity index is 540. The Hall–Kier alpha value is -1.66. The number of rotatable bonds is 3. The third kappa shape index (κ3) is 1.87. The van der Waals surface area contributed by atoms with Crippen molar-refractivity contribution in [3.8, 4) is 0 Å². The monoisotopic (exact) mass is 280 g/mol. The number of hydrogen-bond acceptors (Lipinski definition) is 4. The molecule has 1 aliphatic carbocycles. The van der Waals surface area contributed by atoms with Gasteiger partial charge in [-0.3, -0.25) is 9.69 Å². The maximum Gasteiger partial charge on any atom is 0.353 e. The van der Waals surface area contributed by atoms with Gasteiger partial charge in [-0.05, 0) is 30.7 Å². The van der Waals surface area contributed by atoms with Gasteiger partial charge >= 0.3 is 5.97 Å². The van der Waals surface area contributed by atoms with Gasteiger partial charge in [0.2, 0.25) is 5.91 Å². The van der Waals surface area contributed by atoms with Gasteiger partial charge in [0.25, 0.3) is 0 Å². The highest BCUT2D eigenvalue weighted by Crippen LogP contribution is 2.52. The van der Waals surface area contributed by atoms with E-state index in [-0.39, 0.29) is 28.9 Å². The molecule has 2 unspecified atom stereocenters. The molecule has 100 valence electrons. The second-order valence-corrected chi connectivity index (χ2v) is 6.15. The zero-order chi connectivity index (χ0) is 13.6. The molecule has 7 nitrogen and oxygen atoms in total. The largest absolute Gasteiger partial charge is 0.477 e. The van der Waals surface area contributed by atoms with E-state index in [1.54, 1.807) is 0 Å². The average Bonchev–Trinajstić information content (AvgIpc) is 2.91. The van der Waals surface area contributed by atoms with Crippen molar-refractivity contribution in [3.63, 3.8) is 0 Å². The summed E-state index contributed by atoms with van der Waals surface area (Å²) in [5.41, 5.74) is 8.59. The predicted octanol–water partition coefficient (Wildman–Crippen LogP) is 2.07. The average molecular weight is 280 g/mol. The first-order valence-corrected chi connectivity index (χ1v) is 7.00. The van der Waals surface area contributed by atoms with Crippen LogP contribution in [0.15, 0.2) is 15.7 Å². The Balaban J connectivity index is 1.86. The van der Waals surface area contributed by atoms with Crippen LogP contribution in [0.4, 0.5) is 0 Å². The summed E-state index contributed by atoms with van der Waals surface area (Å²) in [5.74, 6) is -1.05. The molecule has 2 aliphatic heterocycles. The first-order valence-electron chi connectivity index (χ1n) is 6.12. The molecular weight excluding hydrogens is 268 g/mol. The number of carbonyl (C=O) groups excluding carboxylic acids is 1. The van der Waals surface area contributed by atoms with Gasteiger partial charge in [0.05, 0.1) is 11.8 Å². The van der Waals surface area contributed by atoms with Crippen molar-refractivity contribution < 1.29 is 14.7 Å². The number of hydrogen-bond donors (Lipinski definition) is 1. The van der Waals surface area contributed by atoms with Crippen molar-refractivity contribution in [2.45, 2.75) is 37.1 Å². The number of aliphatic carboxylic acids is 1. The highest BCUT2D eigenvalue weighted by Gasteiger charge is 2.50. The van der Waals surface area contributed by atoms with Gasteiger partial charge in [0.15, 0.2) is 0 Å². The molecule has 0 radical (unpaired) electrons. The van der Waals surface area contributed by atoms with Crippen LogP contribution in [-0.4, -0.2) is 33.3 Å². The van der Waals surface area contributed by atoms with Crippen molar-refractivity contribution in [2.75, 3.05) is 0 Å². The number of nitrogens with zero attached hydrogens (tertiary/aromatic N) is 4. The lowest BCUT2D eigenvalue weighted by Gasteiger charge is -2.33. The Labute approximate surface area is 113 Å². The molecular formula is C11H12N4O3S. The maximum atomic E-state index is 11.5. The van der Waals surface area contributed by atoms with Crippen molar-refractivity contribution in [1.82, 2.24) is 4.90 Å². The van der Waals surface area contributed by atoms with Crippen LogP contribution in [0.1, 0.15) is 25.7 Å². The van der Waals surface area contributed by atoms with Crippen molar-refractivity contribution >= 4 is 23.6 Å². The fourth-order valence-corrected chi connectivity index (χ4v) is 4.49. The zero-order valence-corrected chi connectivity index (χ0v) is 10.8. The number of thioether (sulfide) groups is 1. The SMILES string of the molecule is [N-]=[N+]=NC1CCC(C2=C(C(=O)O)N3C(=O)C[C@@H]3S2)C1. The van der Waals surface area contributed by atoms with Crippen LogP contribution in [0, 0.1) is 5.92 Å². The van der Waals surface area contributed by atoms with E-state index in [1.165, 1.54) is 16.7 Å². The number of carbonyl (C=O) groups is 2. The molecule has 2 fully saturated rings. The van der Waals surface area contributed by atoms with Crippen LogP contribution in [0.3, 0.4) is 0 Å². The molecule has 0 aromatic carbocycles. The minimum atomic E-state index is -1.04. The second kappa shape index (κ2) is 4.47. The summed E-state index contributed by atoms with van der Waals surface area (Å²) in [4.78, 5) is 27.9. The van der Waals surface area contributed by atoms with Crippen LogP contribution >= 0.6 is 11.8 Å². The fraction of sp³-hybridized carbons (Fsp3) is 0.636. The Morgan fingerprint density at radius 2 is 2.32 bits per heavy atom. The molecule has 1 saturated carbocycles. The third-order valence-corrected chi connectivity index (χ3v) is 5.27. The summed E-state index contributed by atoms with van der Waals surface area (Å²) in [6.45, 7) is 0. The molecule has 1 amide bonds. The Morgan fingerprint density at radius 3 is 2.95 bits per heavy atom. The minimum absolute atomic E-state index is 0.0351. The summed E-state index contributed by atoms with van der Waals surface area (Å²) < 4.78 is 0. The second-order valence-electron chi connectivity index (χ2n) is 4.93. The maximum absolute atomic E-state index is 11.5. The van der Waals surface area contributed by atoms with Gasteiger partial charge in [-0.25, -0.2) is 4.79 Å². The normalized spacial score (nSPS) is 32.9. The summed E-state index contributed by atoms with van der Waals surface area (Å²) in [6.07, 6.45) is 2.69. The fourth-order valence-electron chi connectivity index (χ4n) is 2.94. The summed E-state index contributed by atoms with van der Waals surface area (Å²) in [6, 6.07) is -0.0536. The van der Waals surface area contributed by atoms with Crippen LogP contribution < -0.4 is 0 Å². The van der Waals surface area contributed by atoms with E-state index < -0.39 is 5.97 Å². The molecule has 19 heavy (non-hydrogen) atoms. The van der Waals surface area contributed by atoms with Gasteiger partial charge in [0, 0.05) is 15.9 Å². The highest BCUT2D eigenvalue weighted by molar-refractivity contribution is 8.04. The molecule has 2 heterocycles. The number of amides is 1. The molecule has 3 rings (SSSR count). The van der Waals surface area contributed by atoms with E-state index in [1.807, 2.05) is 0 Å². The first kappa shape index (κ1) is 12.4. The summed E-state index contributed by atoms with van der Waals surface area (Å²) in [7, 11) is 0. The standard InChI is InChI=1S/C11H12N4O3S/c12-14-13-6-2-1-5(3-6)10-9(11(17)18)15-7(16)4-8(15)19-10/h5-6,8H,1-4H2,(H,17,18)/t5?,6?,8-/m0/s1. The molecule has 8 heteroatoms. The molecule has 1 N–H and O–H groups in total. The van der Waals surface area contributed by atoms with Crippen molar-refractivity contribution in [1.29, 1.82) is 0 Å². The Morgan fingerprint density at radius 1 is 1.53 bits per heavy atom. The number of allylic oxidation sites excluding steroid dienone is 1. The topological polar surface area (TPSA) is 106 Å². The van der Waals surface area contributed by atoms with E-state index in [0.717, 1.165) is 17.7 Å². The van der Waals surface area contributed by atoms with Gasteiger partial charge in [-0.2, -0.15) is 0 Å². The molecule has 0 bridgehead atoms. The molecule has 0 aromatic heterocycles. The van der Waals surface area contributed by atoms with Crippen LogP contribution in [0.5, 0.6) is 0 Å². The molecule has 3 atom stereocenters. The van der Waals surface area contributed by atoms with E-state index in [0.29, 0.717) is 12.8 Å². The van der Waals surface area contributed by atoms with E-state index >= 15 is 0 Å². The smallest absolute Gasteiger partial charge is 0.353 e. The van der Waals surface area contributed by atoms with Gasteiger partial charge in [-0.15, -0.1) is 11.8 Å². The molecule has 3 aliphatic rings. The van der Waals surface area contributed by atoms with E-state index in [9.17, 15) is 14.7 Å². The summed E-state index contributed by atoms with van der Waals surface area (Å²) >= 11 is 1.49. The quantitative estimate of drug-likeness (QED) is 0.369. The molecule has 0 aromatic rings.